The number of para-hydroxylation sites is 4. The van der Waals surface area contributed by atoms with E-state index in [1.54, 1.807) is 0 Å². The highest BCUT2D eigenvalue weighted by Crippen LogP contribution is 2.37. The van der Waals surface area contributed by atoms with Gasteiger partial charge in [-0.3, -0.25) is 8.80 Å². The number of rotatable bonds is 0. The zero-order valence-electron chi connectivity index (χ0n) is 12.6. The van der Waals surface area contributed by atoms with Crippen molar-refractivity contribution in [2.45, 2.75) is 6.92 Å². The van der Waals surface area contributed by atoms with Gasteiger partial charge in [-0.2, -0.15) is 0 Å². The van der Waals surface area contributed by atoms with Crippen molar-refractivity contribution in [2.24, 2.45) is 0 Å². The maximum absolute atomic E-state index is 4.92. The molecule has 6 aromatic rings. The second kappa shape index (κ2) is 3.63. The number of nitrogens with zero attached hydrogens (tertiary/aromatic N) is 3. The summed E-state index contributed by atoms with van der Waals surface area (Å²) in [6.07, 6.45) is 0. The zero-order chi connectivity index (χ0) is 15.1. The number of benzene rings is 3. The molecule has 0 N–H and O–H groups in total. The maximum Gasteiger partial charge on any atom is 0.220 e. The smallest absolute Gasteiger partial charge is 0.220 e. The molecule has 3 heteroatoms. The molecule has 0 spiro atoms. The van der Waals surface area contributed by atoms with Crippen LogP contribution in [-0.4, -0.2) is 13.8 Å². The van der Waals surface area contributed by atoms with Gasteiger partial charge < -0.3 is 0 Å². The third kappa shape index (κ3) is 1.18. The van der Waals surface area contributed by atoms with Gasteiger partial charge >= 0.3 is 0 Å². The molecule has 0 aliphatic carbocycles. The summed E-state index contributed by atoms with van der Waals surface area (Å²) in [7, 11) is 0. The Morgan fingerprint density at radius 1 is 0.696 bits per heavy atom. The number of fused-ring (bicyclic) bond motifs is 8. The zero-order valence-corrected chi connectivity index (χ0v) is 12.6. The van der Waals surface area contributed by atoms with E-state index in [0.29, 0.717) is 0 Å². The van der Waals surface area contributed by atoms with Crippen molar-refractivity contribution in [1.29, 1.82) is 0 Å². The van der Waals surface area contributed by atoms with Crippen molar-refractivity contribution >= 4 is 44.1 Å². The summed E-state index contributed by atoms with van der Waals surface area (Å²) in [6.45, 7) is 2.18. The van der Waals surface area contributed by atoms with Crippen LogP contribution >= 0.6 is 0 Å². The average molecular weight is 295 g/mol. The molecule has 3 heterocycles. The largest absolute Gasteiger partial charge is 0.277 e. The molecule has 6 rings (SSSR count). The van der Waals surface area contributed by atoms with Gasteiger partial charge in [0.1, 0.15) is 0 Å². The molecular weight excluding hydrogens is 282 g/mol. The standard InChI is InChI=1S/C20H13N3/c1-12-6-4-7-13-14-8-5-11-17-19(14)23(18(12)13)20-21-15-9-2-3-10-16(15)22(17)20/h2-11H,1H3. The molecule has 0 atom stereocenters. The first-order chi connectivity index (χ1) is 11.3. The van der Waals surface area contributed by atoms with Gasteiger partial charge in [-0.15, -0.1) is 0 Å². The van der Waals surface area contributed by atoms with E-state index in [1.807, 2.05) is 6.07 Å². The minimum atomic E-state index is 1.00. The summed E-state index contributed by atoms with van der Waals surface area (Å²) in [5.74, 6) is 1.00. The summed E-state index contributed by atoms with van der Waals surface area (Å²) in [5.41, 5.74) is 7.25. The van der Waals surface area contributed by atoms with Crippen LogP contribution in [0.15, 0.2) is 60.7 Å². The Morgan fingerprint density at radius 3 is 2.35 bits per heavy atom. The molecule has 0 saturated heterocycles. The number of aromatic nitrogens is 3. The summed E-state index contributed by atoms with van der Waals surface area (Å²) in [4.78, 5) is 4.92. The fourth-order valence-corrected chi connectivity index (χ4v) is 4.05. The summed E-state index contributed by atoms with van der Waals surface area (Å²) < 4.78 is 4.61. The molecule has 0 aliphatic heterocycles. The number of hydrogen-bond acceptors (Lipinski definition) is 1. The monoisotopic (exact) mass is 295 g/mol. The summed E-state index contributed by atoms with van der Waals surface area (Å²) in [6, 6.07) is 21.4. The van der Waals surface area contributed by atoms with E-state index in [4.69, 9.17) is 4.98 Å². The van der Waals surface area contributed by atoms with Gasteiger partial charge in [-0.1, -0.05) is 42.5 Å². The fraction of sp³-hybridized carbons (Fsp3) is 0.0500. The van der Waals surface area contributed by atoms with E-state index in [-0.39, 0.29) is 0 Å². The van der Waals surface area contributed by atoms with Crippen LogP contribution in [0.4, 0.5) is 0 Å². The third-order valence-corrected chi connectivity index (χ3v) is 4.97. The molecule has 3 nitrogen and oxygen atoms in total. The Kier molecular flexibility index (Phi) is 1.81. The van der Waals surface area contributed by atoms with Crippen molar-refractivity contribution in [1.82, 2.24) is 13.8 Å². The van der Waals surface area contributed by atoms with Crippen LogP contribution < -0.4 is 0 Å². The second-order valence-corrected chi connectivity index (χ2v) is 6.22. The van der Waals surface area contributed by atoms with Crippen LogP contribution in [0.2, 0.25) is 0 Å². The molecule has 0 unspecified atom stereocenters. The highest BCUT2D eigenvalue weighted by molar-refractivity contribution is 6.16. The lowest BCUT2D eigenvalue weighted by molar-refractivity contribution is 1.21. The summed E-state index contributed by atoms with van der Waals surface area (Å²) in [5, 5.41) is 2.61. The van der Waals surface area contributed by atoms with Crippen LogP contribution in [0.3, 0.4) is 0 Å². The predicted molar refractivity (Wildman–Crippen MR) is 94.6 cm³/mol. The van der Waals surface area contributed by atoms with E-state index in [1.165, 1.54) is 38.4 Å². The number of imidazole rings is 2. The lowest BCUT2D eigenvalue weighted by atomic mass is 10.1. The molecule has 0 saturated carbocycles. The van der Waals surface area contributed by atoms with Gasteiger partial charge in [0.2, 0.25) is 5.78 Å². The Morgan fingerprint density at radius 2 is 1.43 bits per heavy atom. The molecule has 0 radical (unpaired) electrons. The predicted octanol–water partition coefficient (Wildman–Crippen LogP) is 4.79. The summed E-state index contributed by atoms with van der Waals surface area (Å²) >= 11 is 0. The molecule has 0 amide bonds. The fourth-order valence-electron chi connectivity index (χ4n) is 4.05. The molecule has 108 valence electrons. The SMILES string of the molecule is Cc1cccc2c3cccc4c3n(c12)c1nc2ccccc2n41. The lowest BCUT2D eigenvalue weighted by Crippen LogP contribution is -1.86. The number of aryl methyl sites for hydroxylation is 1. The van der Waals surface area contributed by atoms with Crippen molar-refractivity contribution in [3.05, 3.63) is 66.2 Å². The molecule has 0 bridgehead atoms. The van der Waals surface area contributed by atoms with Crippen molar-refractivity contribution in [2.75, 3.05) is 0 Å². The Bertz CT molecular complexity index is 1370. The van der Waals surface area contributed by atoms with Crippen LogP contribution in [0.1, 0.15) is 5.56 Å². The second-order valence-electron chi connectivity index (χ2n) is 6.22. The molecular formula is C20H13N3. The average Bonchev–Trinajstić information content (AvgIpc) is 3.20. The van der Waals surface area contributed by atoms with E-state index in [2.05, 4.69) is 70.3 Å². The van der Waals surface area contributed by atoms with Gasteiger partial charge in [-0.05, 0) is 30.7 Å². The van der Waals surface area contributed by atoms with E-state index >= 15 is 0 Å². The molecule has 3 aromatic heterocycles. The Labute approximate surface area is 131 Å². The first kappa shape index (κ1) is 11.5. The van der Waals surface area contributed by atoms with Crippen LogP contribution in [-0.2, 0) is 0 Å². The highest BCUT2D eigenvalue weighted by atomic mass is 15.2. The lowest BCUT2D eigenvalue weighted by Gasteiger charge is -1.98. The first-order valence-corrected chi connectivity index (χ1v) is 7.85. The minimum Gasteiger partial charge on any atom is -0.277 e. The topological polar surface area (TPSA) is 21.7 Å². The maximum atomic E-state index is 4.92. The van der Waals surface area contributed by atoms with Crippen molar-refractivity contribution in [3.63, 3.8) is 0 Å². The van der Waals surface area contributed by atoms with E-state index < -0.39 is 0 Å². The van der Waals surface area contributed by atoms with Crippen LogP contribution in [0.25, 0.3) is 44.1 Å². The van der Waals surface area contributed by atoms with Crippen LogP contribution in [0, 0.1) is 6.92 Å². The number of hydrogen-bond donors (Lipinski definition) is 0. The van der Waals surface area contributed by atoms with E-state index in [0.717, 1.165) is 11.3 Å². The normalized spacial score (nSPS) is 12.6. The third-order valence-electron chi connectivity index (χ3n) is 4.97. The van der Waals surface area contributed by atoms with Gasteiger partial charge in [-0.25, -0.2) is 4.98 Å². The quantitative estimate of drug-likeness (QED) is 0.395. The molecule has 0 aliphatic rings. The van der Waals surface area contributed by atoms with Gasteiger partial charge in [0.25, 0.3) is 0 Å². The highest BCUT2D eigenvalue weighted by Gasteiger charge is 2.20. The Balaban J connectivity index is 2.10. The van der Waals surface area contributed by atoms with Crippen molar-refractivity contribution < 1.29 is 0 Å². The molecule has 3 aromatic carbocycles. The molecule has 0 fully saturated rings. The minimum absolute atomic E-state index is 1.00. The first-order valence-electron chi connectivity index (χ1n) is 7.85. The van der Waals surface area contributed by atoms with E-state index in [9.17, 15) is 0 Å². The van der Waals surface area contributed by atoms with Crippen molar-refractivity contribution in [3.8, 4) is 0 Å². The van der Waals surface area contributed by atoms with Gasteiger partial charge in [0.15, 0.2) is 0 Å². The van der Waals surface area contributed by atoms with Gasteiger partial charge in [0.05, 0.1) is 27.6 Å². The Hall–Kier alpha value is -3.07. The van der Waals surface area contributed by atoms with Crippen LogP contribution in [0.5, 0.6) is 0 Å². The molecule has 23 heavy (non-hydrogen) atoms. The van der Waals surface area contributed by atoms with Gasteiger partial charge in [0, 0.05) is 10.8 Å².